The summed E-state index contributed by atoms with van der Waals surface area (Å²) in [7, 11) is 0. The number of benzene rings is 1. The molecule has 0 fully saturated rings. The number of aromatic nitrogens is 1. The Bertz CT molecular complexity index is 541. The van der Waals surface area contributed by atoms with Crippen LogP contribution in [-0.2, 0) is 0 Å². The molecular formula is C13H13NO2. The van der Waals surface area contributed by atoms with Crippen molar-refractivity contribution >= 4 is 6.29 Å². The summed E-state index contributed by atoms with van der Waals surface area (Å²) in [6.45, 7) is 5.84. The normalized spacial score (nSPS) is 10.4. The first-order valence-electron chi connectivity index (χ1n) is 5.12. The van der Waals surface area contributed by atoms with Gasteiger partial charge in [-0.3, -0.25) is 4.79 Å². The monoisotopic (exact) mass is 215 g/mol. The number of nitrogens with zero attached hydrogens (tertiary/aromatic N) is 1. The van der Waals surface area contributed by atoms with Gasteiger partial charge in [-0.25, -0.2) is 0 Å². The molecule has 2 aromatic rings. The van der Waals surface area contributed by atoms with Gasteiger partial charge in [0.2, 0.25) is 0 Å². The van der Waals surface area contributed by atoms with E-state index in [4.69, 9.17) is 4.52 Å². The van der Waals surface area contributed by atoms with Gasteiger partial charge in [-0.15, -0.1) is 0 Å². The highest BCUT2D eigenvalue weighted by Crippen LogP contribution is 2.26. The first-order valence-corrected chi connectivity index (χ1v) is 5.12. The maximum Gasteiger partial charge on any atom is 0.177 e. The zero-order valence-corrected chi connectivity index (χ0v) is 9.57. The van der Waals surface area contributed by atoms with Crippen molar-refractivity contribution in [3.05, 3.63) is 40.6 Å². The summed E-state index contributed by atoms with van der Waals surface area (Å²) in [4.78, 5) is 10.9. The Labute approximate surface area is 94.1 Å². The fourth-order valence-electron chi connectivity index (χ4n) is 1.61. The van der Waals surface area contributed by atoms with Crippen molar-refractivity contribution in [2.75, 3.05) is 0 Å². The van der Waals surface area contributed by atoms with Crippen LogP contribution in [-0.4, -0.2) is 11.4 Å². The second-order valence-electron chi connectivity index (χ2n) is 3.93. The van der Waals surface area contributed by atoms with Gasteiger partial charge < -0.3 is 4.52 Å². The molecule has 0 saturated carbocycles. The summed E-state index contributed by atoms with van der Waals surface area (Å²) in [5.74, 6) is 0.551. The van der Waals surface area contributed by atoms with Crippen LogP contribution in [0.25, 0.3) is 11.3 Å². The number of carbonyl (C=O) groups is 1. The summed E-state index contributed by atoms with van der Waals surface area (Å²) >= 11 is 0. The average Bonchev–Trinajstić information content (AvgIpc) is 2.63. The van der Waals surface area contributed by atoms with Gasteiger partial charge in [-0.2, -0.15) is 0 Å². The van der Waals surface area contributed by atoms with E-state index in [0.717, 1.165) is 11.8 Å². The number of rotatable bonds is 2. The molecule has 16 heavy (non-hydrogen) atoms. The first kappa shape index (κ1) is 10.6. The van der Waals surface area contributed by atoms with Crippen molar-refractivity contribution in [2.24, 2.45) is 0 Å². The average molecular weight is 215 g/mol. The van der Waals surface area contributed by atoms with Gasteiger partial charge in [0.05, 0.1) is 11.3 Å². The summed E-state index contributed by atoms with van der Waals surface area (Å²) in [5.41, 5.74) is 4.44. The molecule has 1 heterocycles. The molecule has 0 spiro atoms. The van der Waals surface area contributed by atoms with E-state index in [1.54, 1.807) is 6.92 Å². The summed E-state index contributed by atoms with van der Waals surface area (Å²) < 4.78 is 5.19. The number of aryl methyl sites for hydroxylation is 3. The van der Waals surface area contributed by atoms with E-state index < -0.39 is 0 Å². The Kier molecular flexibility index (Phi) is 2.60. The largest absolute Gasteiger partial charge is 0.355 e. The van der Waals surface area contributed by atoms with E-state index in [9.17, 15) is 4.79 Å². The molecule has 0 radical (unpaired) electrons. The van der Waals surface area contributed by atoms with Crippen molar-refractivity contribution in [1.82, 2.24) is 5.16 Å². The minimum Gasteiger partial charge on any atom is -0.355 e. The minimum absolute atomic E-state index is 0.531. The Balaban J connectivity index is 2.58. The first-order chi connectivity index (χ1) is 7.63. The van der Waals surface area contributed by atoms with Crippen LogP contribution >= 0.6 is 0 Å². The molecule has 0 bridgehead atoms. The van der Waals surface area contributed by atoms with E-state index in [-0.39, 0.29) is 0 Å². The van der Waals surface area contributed by atoms with Gasteiger partial charge in [0.15, 0.2) is 12.0 Å². The van der Waals surface area contributed by atoms with Crippen LogP contribution in [0.1, 0.15) is 27.2 Å². The van der Waals surface area contributed by atoms with Gasteiger partial charge >= 0.3 is 0 Å². The molecule has 0 amide bonds. The van der Waals surface area contributed by atoms with E-state index >= 15 is 0 Å². The lowest BCUT2D eigenvalue weighted by Gasteiger charge is -2.02. The maximum atomic E-state index is 10.9. The third kappa shape index (κ3) is 1.65. The van der Waals surface area contributed by atoms with Gasteiger partial charge in [0.25, 0.3) is 0 Å². The topological polar surface area (TPSA) is 43.1 Å². The second kappa shape index (κ2) is 3.93. The third-order valence-electron chi connectivity index (χ3n) is 2.80. The third-order valence-corrected chi connectivity index (χ3v) is 2.80. The van der Waals surface area contributed by atoms with Gasteiger partial charge in [-0.1, -0.05) is 17.3 Å². The van der Waals surface area contributed by atoms with Crippen molar-refractivity contribution in [1.29, 1.82) is 0 Å². The Morgan fingerprint density at radius 1 is 1.19 bits per heavy atom. The molecule has 0 atom stereocenters. The number of hydrogen-bond acceptors (Lipinski definition) is 3. The molecule has 0 saturated heterocycles. The molecule has 0 unspecified atom stereocenters. The molecule has 1 aromatic carbocycles. The van der Waals surface area contributed by atoms with Crippen LogP contribution in [0.4, 0.5) is 0 Å². The van der Waals surface area contributed by atoms with E-state index in [1.165, 1.54) is 11.1 Å². The molecule has 82 valence electrons. The number of carbonyl (C=O) groups excluding carboxylic acids is 1. The highest BCUT2D eigenvalue weighted by Gasteiger charge is 2.14. The molecule has 0 aliphatic heterocycles. The van der Waals surface area contributed by atoms with Crippen molar-refractivity contribution in [2.45, 2.75) is 20.8 Å². The van der Waals surface area contributed by atoms with E-state index in [1.807, 2.05) is 32.0 Å². The van der Waals surface area contributed by atoms with E-state index in [2.05, 4.69) is 5.16 Å². The predicted molar refractivity (Wildman–Crippen MR) is 61.5 cm³/mol. The van der Waals surface area contributed by atoms with Gasteiger partial charge in [0.1, 0.15) is 0 Å². The zero-order valence-electron chi connectivity index (χ0n) is 9.57. The second-order valence-corrected chi connectivity index (χ2v) is 3.93. The highest BCUT2D eigenvalue weighted by molar-refractivity contribution is 5.86. The predicted octanol–water partition coefficient (Wildman–Crippen LogP) is 3.08. The maximum absolute atomic E-state index is 10.9. The van der Waals surface area contributed by atoms with Crippen LogP contribution in [0, 0.1) is 20.8 Å². The molecule has 2 rings (SSSR count). The Hall–Kier alpha value is -1.90. The Morgan fingerprint density at radius 3 is 2.56 bits per heavy atom. The van der Waals surface area contributed by atoms with E-state index in [0.29, 0.717) is 17.0 Å². The van der Waals surface area contributed by atoms with Crippen LogP contribution in [0.5, 0.6) is 0 Å². The Morgan fingerprint density at radius 2 is 1.94 bits per heavy atom. The quantitative estimate of drug-likeness (QED) is 0.723. The van der Waals surface area contributed by atoms with Crippen LogP contribution in [0.3, 0.4) is 0 Å². The summed E-state index contributed by atoms with van der Waals surface area (Å²) in [5, 5.41) is 3.81. The molecule has 0 aliphatic carbocycles. The van der Waals surface area contributed by atoms with Crippen molar-refractivity contribution < 1.29 is 9.32 Å². The minimum atomic E-state index is 0.531. The summed E-state index contributed by atoms with van der Waals surface area (Å²) in [6.07, 6.45) is 0.788. The van der Waals surface area contributed by atoms with Crippen LogP contribution < -0.4 is 0 Å². The van der Waals surface area contributed by atoms with Gasteiger partial charge in [-0.05, 0) is 38.0 Å². The number of aldehydes is 1. The van der Waals surface area contributed by atoms with Crippen molar-refractivity contribution in [3.63, 3.8) is 0 Å². The van der Waals surface area contributed by atoms with Gasteiger partial charge in [0, 0.05) is 5.56 Å². The standard InChI is InChI=1S/C13H13NO2/c1-8-4-5-11(6-9(8)2)13-12(7-15)10(3)14-16-13/h4-7H,1-3H3. The molecule has 1 aromatic heterocycles. The molecular weight excluding hydrogens is 202 g/mol. The molecule has 0 aliphatic rings. The molecule has 0 N–H and O–H groups in total. The molecule has 3 heteroatoms. The van der Waals surface area contributed by atoms with Crippen LogP contribution in [0.2, 0.25) is 0 Å². The van der Waals surface area contributed by atoms with Crippen molar-refractivity contribution in [3.8, 4) is 11.3 Å². The lowest BCUT2D eigenvalue weighted by atomic mass is 10.0. The fourth-order valence-corrected chi connectivity index (χ4v) is 1.61. The summed E-state index contributed by atoms with van der Waals surface area (Å²) in [6, 6.07) is 5.95. The lowest BCUT2D eigenvalue weighted by Crippen LogP contribution is -1.87. The number of hydrogen-bond donors (Lipinski definition) is 0. The highest BCUT2D eigenvalue weighted by atomic mass is 16.5. The zero-order chi connectivity index (χ0) is 11.7. The molecule has 3 nitrogen and oxygen atoms in total. The smallest absolute Gasteiger partial charge is 0.177 e. The fraction of sp³-hybridized carbons (Fsp3) is 0.231. The lowest BCUT2D eigenvalue weighted by molar-refractivity contribution is 0.112. The van der Waals surface area contributed by atoms with Crippen LogP contribution in [0.15, 0.2) is 22.7 Å². The SMILES string of the molecule is Cc1ccc(-c2onc(C)c2C=O)cc1C.